The number of nitrogen functional groups attached to an aromatic ring is 1. The Bertz CT molecular complexity index is 1790. The molecule has 7 atom stereocenters. The van der Waals surface area contributed by atoms with Gasteiger partial charge in [-0.2, -0.15) is 4.31 Å². The number of aliphatic hydroxyl groups excluding tert-OH is 2. The van der Waals surface area contributed by atoms with Crippen LogP contribution in [0.2, 0.25) is 0 Å². The third-order valence-corrected chi connectivity index (χ3v) is 11.3. The molecule has 1 fully saturated rings. The molecule has 24 nitrogen and oxygen atoms in total. The summed E-state index contributed by atoms with van der Waals surface area (Å²) >= 11 is 1.10. The molecule has 308 valence electrons. The molecular weight excluding hydrogens is 830 g/mol. The van der Waals surface area contributed by atoms with Crippen molar-refractivity contribution in [3.8, 4) is 0 Å². The minimum absolute atomic E-state index is 0. The molecule has 1 aliphatic rings. The molecule has 0 aromatic carbocycles. The van der Waals surface area contributed by atoms with Crippen LogP contribution in [0.15, 0.2) is 12.7 Å². The number of anilines is 1. The number of hydrogen-bond acceptors (Lipinski definition) is 18. The van der Waals surface area contributed by atoms with E-state index in [-0.39, 0.29) is 78.5 Å². The quantitative estimate of drug-likeness (QED) is 0.0339. The van der Waals surface area contributed by atoms with Gasteiger partial charge in [-0.15, -0.1) is 0 Å². The molecule has 3 rings (SSSR count). The van der Waals surface area contributed by atoms with Crippen LogP contribution in [0, 0.1) is 11.3 Å². The third kappa shape index (κ3) is 15.7. The number of imidazole rings is 1. The van der Waals surface area contributed by atoms with Gasteiger partial charge in [0.25, 0.3) is 0 Å². The molecule has 0 radical (unpaired) electrons. The fraction of sp³-hybridized carbons (Fsp3) is 0.692. The fourth-order valence-electron chi connectivity index (χ4n) is 4.69. The largest absolute Gasteiger partial charge is 1.00 e. The zero-order chi connectivity index (χ0) is 40.6. The molecule has 0 spiro atoms. The average Bonchev–Trinajstić information content (AvgIpc) is 3.60. The standard InChI is InChI=1S/C26H44N7O17P3S.Na.H/c1-14(2)9-17(35)54-8-7-28-16(34)5-6-29-24(38)21(37)26(3,4)11-47-53(44,45)50-52(42,43)46-10-15-20(49-51(39,40)41)19(36)25(48-15)33-13-32-18-22(27)30-12-31-23(18)33;;/h12-15,19-21,25,36-37H,5-11H2,1-4H3,(H,28,34)(H,29,38)(H,42,43)(H,44,45)(H2,27,30,31)(H2,39,40,41);;/q;+1;-1/t15-,19-,20-,21+,25-;;/m1../s1. The number of nitrogens with one attached hydrogen (secondary N) is 2. The number of rotatable bonds is 21. The number of aliphatic hydroxyl groups is 2. The maximum absolute atomic E-state index is 12.7. The number of fused-ring (bicyclic) bond motifs is 1. The van der Waals surface area contributed by atoms with E-state index in [4.69, 9.17) is 19.5 Å². The summed E-state index contributed by atoms with van der Waals surface area (Å²) in [6.07, 6.45) is -6.47. The van der Waals surface area contributed by atoms with Crippen LogP contribution in [-0.4, -0.2) is 123 Å². The van der Waals surface area contributed by atoms with Crippen molar-refractivity contribution in [2.45, 2.75) is 71.2 Å². The van der Waals surface area contributed by atoms with Crippen LogP contribution >= 0.6 is 35.2 Å². The molecule has 2 unspecified atom stereocenters. The van der Waals surface area contributed by atoms with E-state index in [1.165, 1.54) is 13.8 Å². The number of amides is 2. The van der Waals surface area contributed by atoms with E-state index >= 15 is 0 Å². The van der Waals surface area contributed by atoms with E-state index < -0.39 is 84.6 Å². The first kappa shape index (κ1) is 49.7. The van der Waals surface area contributed by atoms with Gasteiger partial charge in [0.05, 0.1) is 19.5 Å². The summed E-state index contributed by atoms with van der Waals surface area (Å²) in [5, 5.41) is 26.3. The first-order valence-electron chi connectivity index (χ1n) is 16.0. The van der Waals surface area contributed by atoms with Crippen molar-refractivity contribution in [1.29, 1.82) is 0 Å². The maximum atomic E-state index is 12.7. The second-order valence-electron chi connectivity index (χ2n) is 12.9. The number of phosphoric ester groups is 3. The van der Waals surface area contributed by atoms with Crippen LogP contribution in [0.1, 0.15) is 48.2 Å². The number of nitrogens with two attached hydrogens (primary N) is 1. The molecule has 1 aliphatic heterocycles. The summed E-state index contributed by atoms with van der Waals surface area (Å²) in [5.74, 6) is -0.844. The van der Waals surface area contributed by atoms with Gasteiger partial charge >= 0.3 is 53.0 Å². The van der Waals surface area contributed by atoms with Crippen molar-refractivity contribution in [2.75, 3.05) is 37.8 Å². The molecule has 0 bridgehead atoms. The molecule has 0 aliphatic carbocycles. The van der Waals surface area contributed by atoms with Crippen molar-refractivity contribution < 1.29 is 111 Å². The predicted molar refractivity (Wildman–Crippen MR) is 188 cm³/mol. The Labute approximate surface area is 342 Å². The molecule has 2 aromatic heterocycles. The van der Waals surface area contributed by atoms with E-state index in [2.05, 4.69) is 34.4 Å². The van der Waals surface area contributed by atoms with Crippen LogP contribution in [0.25, 0.3) is 11.2 Å². The Morgan fingerprint density at radius 3 is 2.36 bits per heavy atom. The molecule has 1 saturated heterocycles. The minimum Gasteiger partial charge on any atom is -1.00 e. The van der Waals surface area contributed by atoms with Gasteiger partial charge in [-0.05, 0) is 5.92 Å². The third-order valence-electron chi connectivity index (χ3n) is 7.34. The summed E-state index contributed by atoms with van der Waals surface area (Å²) in [7, 11) is -16.4. The Morgan fingerprint density at radius 2 is 1.73 bits per heavy atom. The summed E-state index contributed by atoms with van der Waals surface area (Å²) < 4.78 is 62.0. The molecule has 0 saturated carbocycles. The zero-order valence-corrected chi connectivity index (χ0v) is 35.9. The smallest absolute Gasteiger partial charge is 1.00 e. The Morgan fingerprint density at radius 1 is 1.07 bits per heavy atom. The first-order chi connectivity index (χ1) is 24.9. The zero-order valence-electron chi connectivity index (χ0n) is 31.4. The van der Waals surface area contributed by atoms with E-state index in [0.29, 0.717) is 12.2 Å². The Hall–Kier alpha value is -1.44. The molecular formula is C26H45N7NaO17P3S. The van der Waals surface area contributed by atoms with Gasteiger partial charge in [-0.3, -0.25) is 32.5 Å². The SMILES string of the molecule is CC(C)CC(=O)SCCNC(=O)CCNC(=O)[C@H](O)C(C)(C)COP(=O)(O)OP(=O)(O)OC[C@H]1O[C@@H](n2cnc3c(N)ncnc32)[C@H](O)[C@@H]1OP(=O)(O)O.[H-].[Na+]. The Kier molecular flexibility index (Phi) is 19.0. The van der Waals surface area contributed by atoms with E-state index in [1.54, 1.807) is 0 Å². The Balaban J connectivity index is 0.00000784. The molecule has 10 N–H and O–H groups in total. The van der Waals surface area contributed by atoms with Crippen molar-refractivity contribution in [3.63, 3.8) is 0 Å². The number of nitrogens with zero attached hydrogens (tertiary/aromatic N) is 4. The molecule has 55 heavy (non-hydrogen) atoms. The first-order valence-corrected chi connectivity index (χ1v) is 21.5. The predicted octanol–water partition coefficient (Wildman–Crippen LogP) is -3.17. The summed E-state index contributed by atoms with van der Waals surface area (Å²) in [6.45, 7) is 4.36. The second-order valence-corrected chi connectivity index (χ2v) is 18.3. The number of carbonyl (C=O) groups is 3. The van der Waals surface area contributed by atoms with Crippen LogP contribution in [0.3, 0.4) is 0 Å². The van der Waals surface area contributed by atoms with Crippen LogP contribution in [0.5, 0.6) is 0 Å². The summed E-state index contributed by atoms with van der Waals surface area (Å²) in [4.78, 5) is 87.1. The van der Waals surface area contributed by atoms with Gasteiger partial charge < -0.3 is 52.3 Å². The van der Waals surface area contributed by atoms with E-state index in [0.717, 1.165) is 29.0 Å². The van der Waals surface area contributed by atoms with Gasteiger partial charge in [0, 0.05) is 37.1 Å². The van der Waals surface area contributed by atoms with Gasteiger partial charge in [0.2, 0.25) is 11.8 Å². The monoisotopic (exact) mass is 875 g/mol. The van der Waals surface area contributed by atoms with Crippen LogP contribution in [0.4, 0.5) is 5.82 Å². The minimum atomic E-state index is -5.56. The number of hydrogen-bond donors (Lipinski definition) is 9. The topological polar surface area (TPSA) is 364 Å². The average molecular weight is 876 g/mol. The van der Waals surface area contributed by atoms with Gasteiger partial charge in [0.1, 0.15) is 36.3 Å². The number of carbonyl (C=O) groups excluding carboxylic acids is 3. The summed E-state index contributed by atoms with van der Waals surface area (Å²) in [5.41, 5.74) is 4.27. The maximum Gasteiger partial charge on any atom is 1.00 e. The van der Waals surface area contributed by atoms with Crippen LogP contribution < -0.4 is 45.9 Å². The second kappa shape index (κ2) is 21.0. The molecule has 3 heterocycles. The fourth-order valence-corrected chi connectivity index (χ4v) is 8.40. The van der Waals surface area contributed by atoms with E-state index in [9.17, 15) is 57.9 Å². The van der Waals surface area contributed by atoms with Crippen LogP contribution in [-0.2, 0) is 50.7 Å². The number of aromatic nitrogens is 4. The van der Waals surface area contributed by atoms with Gasteiger partial charge in [-0.25, -0.2) is 28.6 Å². The van der Waals surface area contributed by atoms with Crippen molar-refractivity contribution >= 4 is 69.1 Å². The molecule has 29 heteroatoms. The van der Waals surface area contributed by atoms with Gasteiger partial charge in [-0.1, -0.05) is 39.5 Å². The molecule has 2 amide bonds. The van der Waals surface area contributed by atoms with E-state index in [1.807, 2.05) is 13.8 Å². The van der Waals surface area contributed by atoms with Crippen molar-refractivity contribution in [3.05, 3.63) is 12.7 Å². The number of ether oxygens (including phenoxy) is 1. The normalized spacial score (nSPS) is 21.7. The molecule has 2 aromatic rings. The number of phosphoric acid groups is 3. The summed E-state index contributed by atoms with van der Waals surface area (Å²) in [6, 6.07) is 0. The number of thioether (sulfide) groups is 1. The van der Waals surface area contributed by atoms with Crippen molar-refractivity contribution in [1.82, 2.24) is 30.2 Å². The van der Waals surface area contributed by atoms with Gasteiger partial charge in [0.15, 0.2) is 22.8 Å². The van der Waals surface area contributed by atoms with Crippen molar-refractivity contribution in [2.24, 2.45) is 11.3 Å².